The van der Waals surface area contributed by atoms with Crippen molar-refractivity contribution in [1.29, 1.82) is 0 Å². The van der Waals surface area contributed by atoms with Gasteiger partial charge >= 0.3 is 0 Å². The average molecular weight is 528 g/mol. The van der Waals surface area contributed by atoms with Gasteiger partial charge in [0.25, 0.3) is 11.8 Å². The first-order chi connectivity index (χ1) is 17.4. The Morgan fingerprint density at radius 2 is 2.14 bits per heavy atom. The highest BCUT2D eigenvalue weighted by atomic mass is 32.2. The number of nitrogens with two attached hydrogens (primary N) is 1. The van der Waals surface area contributed by atoms with Gasteiger partial charge in [0, 0.05) is 35.0 Å². The van der Waals surface area contributed by atoms with Gasteiger partial charge in [-0.05, 0) is 18.9 Å². The summed E-state index contributed by atoms with van der Waals surface area (Å²) in [7, 11) is 0. The van der Waals surface area contributed by atoms with Crippen LogP contribution in [0.2, 0.25) is 0 Å². The summed E-state index contributed by atoms with van der Waals surface area (Å²) in [6.07, 6.45) is 8.69. The highest BCUT2D eigenvalue weighted by Gasteiger charge is 2.53. The second-order valence-electron chi connectivity index (χ2n) is 8.19. The zero-order chi connectivity index (χ0) is 25.2. The summed E-state index contributed by atoms with van der Waals surface area (Å²) in [6.45, 7) is 0.297. The number of anilines is 1. The van der Waals surface area contributed by atoms with Crippen LogP contribution in [0.5, 0.6) is 0 Å². The molecule has 2 aliphatic heterocycles. The first-order valence-corrected chi connectivity index (χ1v) is 12.9. The zero-order valence-electron chi connectivity index (χ0n) is 18.8. The molecule has 1 saturated heterocycles. The molecule has 0 aromatic carbocycles. The number of carbonyl (C=O) groups excluding carboxylic acids is 3. The Bertz CT molecular complexity index is 1290. The lowest BCUT2D eigenvalue weighted by atomic mass is 10.0. The Morgan fingerprint density at radius 1 is 1.33 bits per heavy atom. The van der Waals surface area contributed by atoms with Gasteiger partial charge in [-0.25, -0.2) is 4.57 Å². The Balaban J connectivity index is 1.34. The van der Waals surface area contributed by atoms with E-state index in [0.717, 1.165) is 24.4 Å². The van der Waals surface area contributed by atoms with E-state index in [9.17, 15) is 19.5 Å². The molecule has 3 aliphatic rings. The molecule has 2 aromatic heterocycles. The van der Waals surface area contributed by atoms with Gasteiger partial charge in [0.2, 0.25) is 11.5 Å². The maximum Gasteiger partial charge on any atom is 0.278 e. The first-order valence-electron chi connectivity index (χ1n) is 11.1. The topological polar surface area (TPSA) is 167 Å². The number of thioether (sulfide) groups is 1. The number of aliphatic carboxylic acids is 1. The van der Waals surface area contributed by atoms with Crippen LogP contribution in [0.4, 0.5) is 5.13 Å². The van der Waals surface area contributed by atoms with E-state index >= 15 is 0 Å². The third-order valence-corrected chi connectivity index (χ3v) is 7.68. The number of hydrogen-bond acceptors (Lipinski definition) is 11. The number of oxime groups is 1. The van der Waals surface area contributed by atoms with E-state index in [1.54, 1.807) is 12.4 Å². The van der Waals surface area contributed by atoms with Crippen molar-refractivity contribution in [2.24, 2.45) is 5.16 Å². The molecule has 1 fully saturated rings. The molecule has 0 bridgehead atoms. The van der Waals surface area contributed by atoms with Gasteiger partial charge in [-0.2, -0.15) is 9.36 Å². The van der Waals surface area contributed by atoms with E-state index in [1.165, 1.54) is 16.7 Å². The van der Waals surface area contributed by atoms with Gasteiger partial charge in [0.15, 0.2) is 24.1 Å². The van der Waals surface area contributed by atoms with Crippen LogP contribution in [-0.4, -0.2) is 61.0 Å². The number of β-lactam (4-membered cyclic amide) rings is 1. The fourth-order valence-corrected chi connectivity index (χ4v) is 5.86. The van der Waals surface area contributed by atoms with Crippen LogP contribution in [0, 0.1) is 0 Å². The molecule has 36 heavy (non-hydrogen) atoms. The molecular formula is C22H21N7O5S2. The minimum absolute atomic E-state index is 0.0191. The Labute approximate surface area is 213 Å². The predicted molar refractivity (Wildman–Crippen MR) is 128 cm³/mol. The van der Waals surface area contributed by atoms with E-state index < -0.39 is 29.2 Å². The summed E-state index contributed by atoms with van der Waals surface area (Å²) >= 11 is 2.26. The number of hydrogen-bond donors (Lipinski definition) is 2. The Morgan fingerprint density at radius 3 is 2.81 bits per heavy atom. The minimum Gasteiger partial charge on any atom is -0.543 e. The number of nitrogens with one attached hydrogen (secondary N) is 1. The summed E-state index contributed by atoms with van der Waals surface area (Å²) in [4.78, 5) is 48.8. The Hall–Kier alpha value is -3.78. The van der Waals surface area contributed by atoms with E-state index in [2.05, 4.69) is 19.8 Å². The van der Waals surface area contributed by atoms with Crippen LogP contribution in [-0.2, 0) is 25.8 Å². The summed E-state index contributed by atoms with van der Waals surface area (Å²) in [5.41, 5.74) is 5.84. The molecule has 12 nitrogen and oxygen atoms in total. The second kappa shape index (κ2) is 10.1. The maximum absolute atomic E-state index is 13.1. The van der Waals surface area contributed by atoms with Crippen molar-refractivity contribution in [3.8, 4) is 0 Å². The van der Waals surface area contributed by atoms with E-state index in [4.69, 9.17) is 10.6 Å². The first kappa shape index (κ1) is 23.9. The second-order valence-corrected chi connectivity index (χ2v) is 10.1. The molecule has 2 amide bonds. The van der Waals surface area contributed by atoms with E-state index in [1.807, 2.05) is 34.9 Å². The third-order valence-electron chi connectivity index (χ3n) is 5.79. The highest BCUT2D eigenvalue weighted by molar-refractivity contribution is 8.00. The molecule has 3 atom stereocenters. The van der Waals surface area contributed by atoms with Crippen molar-refractivity contribution >= 4 is 51.9 Å². The van der Waals surface area contributed by atoms with E-state index in [-0.39, 0.29) is 28.5 Å². The molecule has 5 rings (SSSR count). The third kappa shape index (κ3) is 4.68. The van der Waals surface area contributed by atoms with Crippen LogP contribution in [0.25, 0.3) is 0 Å². The van der Waals surface area contributed by atoms with Crippen molar-refractivity contribution in [1.82, 2.24) is 19.6 Å². The average Bonchev–Trinajstić information content (AvgIpc) is 3.55. The molecule has 4 heterocycles. The molecule has 0 radical (unpaired) electrons. The molecule has 2 aromatic rings. The summed E-state index contributed by atoms with van der Waals surface area (Å²) in [6, 6.07) is 4.55. The van der Waals surface area contributed by atoms with Crippen LogP contribution in [0.15, 0.2) is 59.2 Å². The van der Waals surface area contributed by atoms with E-state index in [0.29, 0.717) is 17.9 Å². The van der Waals surface area contributed by atoms with Crippen molar-refractivity contribution < 1.29 is 28.9 Å². The number of aromatic nitrogens is 3. The SMILES string of the molecule is Nc1nc(/C(=N/OC2C=CCC2)C(=O)NC2C(=O)N3C(C(=O)[O-])=C(C[n+]4ccccc4)CS[C@H]23)ns1. The number of rotatable bonds is 8. The predicted octanol–water partition coefficient (Wildman–Crippen LogP) is -1.05. The van der Waals surface area contributed by atoms with Gasteiger partial charge < -0.3 is 25.8 Å². The largest absolute Gasteiger partial charge is 0.543 e. The monoisotopic (exact) mass is 527 g/mol. The number of carbonyl (C=O) groups is 3. The zero-order valence-corrected chi connectivity index (χ0v) is 20.4. The summed E-state index contributed by atoms with van der Waals surface area (Å²) in [5.74, 6) is -2.38. The van der Waals surface area contributed by atoms with Crippen molar-refractivity contribution in [2.45, 2.75) is 36.9 Å². The molecular weight excluding hydrogens is 506 g/mol. The normalized spacial score (nSPS) is 23.3. The number of carboxylic acids is 1. The fraction of sp³-hybridized carbons (Fsp3) is 0.318. The number of amides is 2. The molecule has 14 heteroatoms. The number of carboxylic acid groups (broad SMARTS) is 1. The summed E-state index contributed by atoms with van der Waals surface area (Å²) < 4.78 is 5.86. The molecule has 3 N–H and O–H groups in total. The molecule has 0 saturated carbocycles. The van der Waals surface area contributed by atoms with Crippen LogP contribution < -0.4 is 20.7 Å². The van der Waals surface area contributed by atoms with Crippen LogP contribution >= 0.6 is 23.3 Å². The van der Waals surface area contributed by atoms with Crippen molar-refractivity contribution in [3.05, 3.63) is 59.8 Å². The smallest absolute Gasteiger partial charge is 0.278 e. The molecule has 2 unspecified atom stereocenters. The lowest BCUT2D eigenvalue weighted by molar-refractivity contribution is -0.689. The van der Waals surface area contributed by atoms with Crippen molar-refractivity contribution in [3.63, 3.8) is 0 Å². The number of fused-ring (bicyclic) bond motifs is 1. The minimum atomic E-state index is -1.44. The lowest BCUT2D eigenvalue weighted by Crippen LogP contribution is -2.71. The van der Waals surface area contributed by atoms with Gasteiger partial charge in [-0.15, -0.1) is 11.8 Å². The number of nitrogen functional groups attached to an aromatic ring is 1. The van der Waals surface area contributed by atoms with Gasteiger partial charge in [-0.3, -0.25) is 14.5 Å². The van der Waals surface area contributed by atoms with Crippen molar-refractivity contribution in [2.75, 3.05) is 11.5 Å². The van der Waals surface area contributed by atoms with Crippen LogP contribution in [0.3, 0.4) is 0 Å². The van der Waals surface area contributed by atoms with Gasteiger partial charge in [0.1, 0.15) is 17.5 Å². The number of allylic oxidation sites excluding steroid dienone is 1. The molecule has 1 aliphatic carbocycles. The summed E-state index contributed by atoms with van der Waals surface area (Å²) in [5, 5.41) is 18.1. The Kier molecular flexibility index (Phi) is 6.69. The molecule has 186 valence electrons. The fourth-order valence-electron chi connectivity index (χ4n) is 4.09. The van der Waals surface area contributed by atoms with Gasteiger partial charge in [0.05, 0.1) is 11.7 Å². The lowest BCUT2D eigenvalue weighted by Gasteiger charge is -2.50. The maximum atomic E-state index is 13.1. The van der Waals surface area contributed by atoms with Gasteiger partial charge in [-0.1, -0.05) is 17.3 Å². The van der Waals surface area contributed by atoms with Crippen LogP contribution in [0.1, 0.15) is 18.7 Å². The highest BCUT2D eigenvalue weighted by Crippen LogP contribution is 2.40. The standard InChI is InChI=1S/C22H21N7O5S2/c23-22-25-17(27-36-22)14(26-34-13-6-2-3-7-13)18(30)24-15-19(31)29-16(21(32)33)12(11-35-20(15)29)10-28-8-4-1-5-9-28/h1-2,4-6,8-9,13,15,20H,3,7,10-11H2,(H3-,23,24,25,27,30,32,33)/b26-14-/t13?,15?,20-/m1/s1. The number of pyridine rings is 1. The quantitative estimate of drug-likeness (QED) is 0.143. The number of nitrogens with zero attached hydrogens (tertiary/aromatic N) is 5. The molecule has 0 spiro atoms.